The van der Waals surface area contributed by atoms with Gasteiger partial charge in [-0.3, -0.25) is 0 Å². The van der Waals surface area contributed by atoms with Gasteiger partial charge in [-0.25, -0.2) is 9.59 Å². The molecule has 0 spiro atoms. The molecule has 110 valence electrons. The molecule has 0 bridgehead atoms. The van der Waals surface area contributed by atoms with E-state index in [0.29, 0.717) is 31.7 Å². The van der Waals surface area contributed by atoms with Gasteiger partial charge in [-0.1, -0.05) is 18.2 Å². The number of urea groups is 1. The highest BCUT2D eigenvalue weighted by Crippen LogP contribution is 2.08. The average molecular weight is 280 g/mol. The van der Waals surface area contributed by atoms with Crippen LogP contribution < -0.4 is 10.6 Å². The first-order chi connectivity index (χ1) is 9.65. The highest BCUT2D eigenvalue weighted by Gasteiger charge is 2.08. The van der Waals surface area contributed by atoms with Crippen LogP contribution in [0.1, 0.15) is 22.3 Å². The van der Waals surface area contributed by atoms with Gasteiger partial charge in [-0.15, -0.1) is 0 Å². The molecule has 0 radical (unpaired) electrons. The molecule has 1 aromatic rings. The van der Waals surface area contributed by atoms with Gasteiger partial charge < -0.3 is 20.5 Å². The minimum Gasteiger partial charge on any atom is -0.478 e. The first kappa shape index (κ1) is 16.0. The lowest BCUT2D eigenvalue weighted by Crippen LogP contribution is -2.37. The molecule has 6 heteroatoms. The molecule has 0 aliphatic carbocycles. The van der Waals surface area contributed by atoms with E-state index >= 15 is 0 Å². The topological polar surface area (TPSA) is 87.7 Å². The first-order valence-electron chi connectivity index (χ1n) is 6.47. The van der Waals surface area contributed by atoms with Crippen LogP contribution in [-0.2, 0) is 11.2 Å². The third kappa shape index (κ3) is 5.71. The van der Waals surface area contributed by atoms with Gasteiger partial charge in [0.1, 0.15) is 0 Å². The van der Waals surface area contributed by atoms with Gasteiger partial charge in [-0.2, -0.15) is 0 Å². The highest BCUT2D eigenvalue weighted by molar-refractivity contribution is 5.89. The number of hydrogen-bond donors (Lipinski definition) is 3. The Bertz CT molecular complexity index is 449. The number of rotatable bonds is 8. The fraction of sp³-hybridized carbons (Fsp3) is 0.429. The Kier molecular flexibility index (Phi) is 7.13. The maximum atomic E-state index is 11.4. The van der Waals surface area contributed by atoms with E-state index in [1.54, 1.807) is 31.4 Å². The first-order valence-corrected chi connectivity index (χ1v) is 6.47. The molecule has 0 aliphatic heterocycles. The summed E-state index contributed by atoms with van der Waals surface area (Å²) in [5, 5.41) is 14.4. The second-order valence-electron chi connectivity index (χ2n) is 4.24. The van der Waals surface area contributed by atoms with Crippen LogP contribution in [0.4, 0.5) is 4.79 Å². The van der Waals surface area contributed by atoms with Gasteiger partial charge in [0, 0.05) is 26.8 Å². The molecule has 0 saturated heterocycles. The van der Waals surface area contributed by atoms with Crippen molar-refractivity contribution in [3.8, 4) is 0 Å². The van der Waals surface area contributed by atoms with Crippen molar-refractivity contribution < 1.29 is 19.4 Å². The van der Waals surface area contributed by atoms with E-state index in [4.69, 9.17) is 9.84 Å². The minimum atomic E-state index is -0.954. The number of hydrogen-bond acceptors (Lipinski definition) is 3. The van der Waals surface area contributed by atoms with Crippen molar-refractivity contribution in [1.82, 2.24) is 10.6 Å². The van der Waals surface area contributed by atoms with Crippen molar-refractivity contribution in [2.24, 2.45) is 0 Å². The van der Waals surface area contributed by atoms with Crippen LogP contribution in [0.2, 0.25) is 0 Å². The zero-order chi connectivity index (χ0) is 14.8. The molecule has 1 aromatic carbocycles. The summed E-state index contributed by atoms with van der Waals surface area (Å²) in [6.45, 7) is 1.54. The Balaban J connectivity index is 2.30. The van der Waals surface area contributed by atoms with Gasteiger partial charge in [0.05, 0.1) is 5.56 Å². The molecule has 0 aromatic heterocycles. The number of carbonyl (C=O) groups is 2. The number of carboxylic acid groups (broad SMARTS) is 1. The smallest absolute Gasteiger partial charge is 0.335 e. The van der Waals surface area contributed by atoms with Crippen LogP contribution in [0.3, 0.4) is 0 Å². The molecular weight excluding hydrogens is 260 g/mol. The van der Waals surface area contributed by atoms with Crippen LogP contribution in [0.15, 0.2) is 24.3 Å². The number of nitrogens with one attached hydrogen (secondary N) is 2. The predicted octanol–water partition coefficient (Wildman–Crippen LogP) is 1.26. The number of ether oxygens (including phenoxy) is 1. The van der Waals surface area contributed by atoms with Gasteiger partial charge >= 0.3 is 12.0 Å². The van der Waals surface area contributed by atoms with E-state index in [2.05, 4.69) is 10.6 Å². The summed E-state index contributed by atoms with van der Waals surface area (Å²) < 4.78 is 4.87. The quantitative estimate of drug-likeness (QED) is 0.626. The number of carboxylic acids is 1. The third-order valence-electron chi connectivity index (χ3n) is 2.74. The predicted molar refractivity (Wildman–Crippen MR) is 75.0 cm³/mol. The monoisotopic (exact) mass is 280 g/mol. The van der Waals surface area contributed by atoms with Crippen molar-refractivity contribution in [3.63, 3.8) is 0 Å². The van der Waals surface area contributed by atoms with Crippen molar-refractivity contribution in [1.29, 1.82) is 0 Å². The summed E-state index contributed by atoms with van der Waals surface area (Å²) in [7, 11) is 1.61. The lowest BCUT2D eigenvalue weighted by Gasteiger charge is -2.09. The number of carbonyl (C=O) groups excluding carboxylic acids is 1. The number of benzene rings is 1. The zero-order valence-electron chi connectivity index (χ0n) is 11.5. The maximum absolute atomic E-state index is 11.4. The standard InChI is InChI=1S/C14H20N2O4/c1-20-10-4-8-15-14(19)16-9-7-11-5-2-3-6-12(11)13(17)18/h2-3,5-6H,4,7-10H2,1H3,(H,17,18)(H2,15,16,19). The van der Waals surface area contributed by atoms with E-state index in [-0.39, 0.29) is 11.6 Å². The van der Waals surface area contributed by atoms with Crippen molar-refractivity contribution >= 4 is 12.0 Å². The molecular formula is C14H20N2O4. The van der Waals surface area contributed by atoms with Crippen molar-refractivity contribution in [2.45, 2.75) is 12.8 Å². The highest BCUT2D eigenvalue weighted by atomic mass is 16.5. The van der Waals surface area contributed by atoms with Gasteiger partial charge in [0.2, 0.25) is 0 Å². The lowest BCUT2D eigenvalue weighted by atomic mass is 10.0. The van der Waals surface area contributed by atoms with Crippen LogP contribution >= 0.6 is 0 Å². The third-order valence-corrected chi connectivity index (χ3v) is 2.74. The maximum Gasteiger partial charge on any atom is 0.335 e. The Hall–Kier alpha value is -2.08. The fourth-order valence-electron chi connectivity index (χ4n) is 1.74. The molecule has 1 rings (SSSR count). The van der Waals surface area contributed by atoms with Crippen LogP contribution in [0.25, 0.3) is 0 Å². The Morgan fingerprint density at radius 2 is 1.90 bits per heavy atom. The van der Waals surface area contributed by atoms with E-state index in [0.717, 1.165) is 6.42 Å². The molecule has 2 amide bonds. The molecule has 0 atom stereocenters. The Morgan fingerprint density at radius 1 is 1.20 bits per heavy atom. The molecule has 20 heavy (non-hydrogen) atoms. The molecule has 3 N–H and O–H groups in total. The Morgan fingerprint density at radius 3 is 2.60 bits per heavy atom. The molecule has 0 heterocycles. The SMILES string of the molecule is COCCCNC(=O)NCCc1ccccc1C(=O)O. The molecule has 0 aliphatic rings. The van der Waals surface area contributed by atoms with E-state index in [1.165, 1.54) is 0 Å². The largest absolute Gasteiger partial charge is 0.478 e. The summed E-state index contributed by atoms with van der Waals surface area (Å²) >= 11 is 0. The van der Waals surface area contributed by atoms with E-state index < -0.39 is 5.97 Å². The van der Waals surface area contributed by atoms with Crippen molar-refractivity contribution in [3.05, 3.63) is 35.4 Å². The second kappa shape index (κ2) is 8.92. The van der Waals surface area contributed by atoms with Crippen LogP contribution in [0.5, 0.6) is 0 Å². The average Bonchev–Trinajstić information content (AvgIpc) is 2.44. The second-order valence-corrected chi connectivity index (χ2v) is 4.24. The summed E-state index contributed by atoms with van der Waals surface area (Å²) in [5.74, 6) is -0.954. The molecule has 6 nitrogen and oxygen atoms in total. The number of amides is 2. The van der Waals surface area contributed by atoms with Gasteiger partial charge in [-0.05, 0) is 24.5 Å². The van der Waals surface area contributed by atoms with Gasteiger partial charge in [0.15, 0.2) is 0 Å². The molecule has 0 unspecified atom stereocenters. The summed E-state index contributed by atoms with van der Waals surface area (Å²) in [6, 6.07) is 6.52. The normalized spacial score (nSPS) is 10.1. The van der Waals surface area contributed by atoms with E-state index in [1.807, 2.05) is 0 Å². The summed E-state index contributed by atoms with van der Waals surface area (Å²) in [4.78, 5) is 22.4. The van der Waals surface area contributed by atoms with Crippen molar-refractivity contribution in [2.75, 3.05) is 26.8 Å². The van der Waals surface area contributed by atoms with Crippen LogP contribution in [-0.4, -0.2) is 43.9 Å². The lowest BCUT2D eigenvalue weighted by molar-refractivity contribution is 0.0695. The van der Waals surface area contributed by atoms with Gasteiger partial charge in [0.25, 0.3) is 0 Å². The Labute approximate surface area is 118 Å². The summed E-state index contributed by atoms with van der Waals surface area (Å²) in [6.07, 6.45) is 1.24. The summed E-state index contributed by atoms with van der Waals surface area (Å²) in [5.41, 5.74) is 0.981. The minimum absolute atomic E-state index is 0.256. The number of aromatic carboxylic acids is 1. The van der Waals surface area contributed by atoms with E-state index in [9.17, 15) is 9.59 Å². The zero-order valence-corrected chi connectivity index (χ0v) is 11.5. The molecule has 0 saturated carbocycles. The van der Waals surface area contributed by atoms with Crippen LogP contribution in [0, 0.1) is 0 Å². The fourth-order valence-corrected chi connectivity index (χ4v) is 1.74. The molecule has 0 fully saturated rings. The number of methoxy groups -OCH3 is 1.